The molecule has 1 saturated heterocycles. The third kappa shape index (κ3) is 4.60. The molecule has 0 aromatic heterocycles. The first-order valence-electron chi connectivity index (χ1n) is 9.76. The largest absolute Gasteiger partial charge is 0.497 e. The second-order valence-corrected chi connectivity index (χ2v) is 7.08. The molecule has 0 bridgehead atoms. The van der Waals surface area contributed by atoms with Gasteiger partial charge in [-0.3, -0.25) is 4.79 Å². The molecule has 2 aromatic carbocycles. The molecular weight excluding hydrogens is 386 g/mol. The van der Waals surface area contributed by atoms with Crippen LogP contribution in [0.15, 0.2) is 36.4 Å². The molecule has 2 aromatic rings. The topological polar surface area (TPSA) is 90.1 Å². The Kier molecular flexibility index (Phi) is 7.02. The number of amides is 1. The second-order valence-electron chi connectivity index (χ2n) is 7.08. The van der Waals surface area contributed by atoms with Crippen LogP contribution in [0.1, 0.15) is 36.6 Å². The summed E-state index contributed by atoms with van der Waals surface area (Å²) in [6, 6.07) is 10.7. The normalized spacial score (nSPS) is 19.1. The summed E-state index contributed by atoms with van der Waals surface area (Å²) in [5.41, 5.74) is 8.18. The van der Waals surface area contributed by atoms with Gasteiger partial charge in [-0.25, -0.2) is 10.9 Å². The highest BCUT2D eigenvalue weighted by molar-refractivity contribution is 5.82. The fraction of sp³-hybridized carbons (Fsp3) is 0.409. The van der Waals surface area contributed by atoms with Gasteiger partial charge < -0.3 is 24.3 Å². The van der Waals surface area contributed by atoms with Gasteiger partial charge in [0, 0.05) is 11.6 Å². The van der Waals surface area contributed by atoms with Gasteiger partial charge in [0.1, 0.15) is 17.5 Å². The van der Waals surface area contributed by atoms with Crippen LogP contribution >= 0.6 is 0 Å². The zero-order valence-corrected chi connectivity index (χ0v) is 17.9. The summed E-state index contributed by atoms with van der Waals surface area (Å²) in [6.45, 7) is 1.94. The molecule has 8 heteroatoms. The molecule has 1 amide bonds. The fourth-order valence-corrected chi connectivity index (χ4v) is 3.56. The van der Waals surface area contributed by atoms with Gasteiger partial charge in [0.05, 0.1) is 40.5 Å². The summed E-state index contributed by atoms with van der Waals surface area (Å²) < 4.78 is 21.4. The molecule has 3 atom stereocenters. The standard InChI is InChI=1S/C22H29N3O5/c1-13(14-6-9-19(28-3)21(10-14)30-5)23-22(26)18-12-17(24-25-18)16-8-7-15(27-2)11-20(16)29-4/h6-11,13,17-18,24-25H,12H2,1-5H3,(H,23,26). The third-order valence-corrected chi connectivity index (χ3v) is 5.30. The minimum Gasteiger partial charge on any atom is -0.497 e. The van der Waals surface area contributed by atoms with Crippen molar-refractivity contribution in [3.8, 4) is 23.0 Å². The van der Waals surface area contributed by atoms with E-state index in [1.807, 2.05) is 43.3 Å². The van der Waals surface area contributed by atoms with Gasteiger partial charge in [-0.05, 0) is 37.1 Å². The highest BCUT2D eigenvalue weighted by Gasteiger charge is 2.32. The van der Waals surface area contributed by atoms with Gasteiger partial charge in [0.25, 0.3) is 0 Å². The monoisotopic (exact) mass is 415 g/mol. The summed E-state index contributed by atoms with van der Waals surface area (Å²) in [4.78, 5) is 12.8. The summed E-state index contributed by atoms with van der Waals surface area (Å²) in [7, 11) is 6.42. The minimum absolute atomic E-state index is 0.0574. The smallest absolute Gasteiger partial charge is 0.239 e. The first-order valence-corrected chi connectivity index (χ1v) is 9.76. The first kappa shape index (κ1) is 21.7. The van der Waals surface area contributed by atoms with Crippen LogP contribution in [0.2, 0.25) is 0 Å². The molecule has 1 heterocycles. The van der Waals surface area contributed by atoms with E-state index in [-0.39, 0.29) is 24.0 Å². The Balaban J connectivity index is 1.65. The number of hydrazine groups is 1. The lowest BCUT2D eigenvalue weighted by molar-refractivity contribution is -0.123. The van der Waals surface area contributed by atoms with E-state index in [9.17, 15) is 4.79 Å². The van der Waals surface area contributed by atoms with Crippen LogP contribution in [0.3, 0.4) is 0 Å². The molecule has 30 heavy (non-hydrogen) atoms. The summed E-state index contributed by atoms with van der Waals surface area (Å²) in [5, 5.41) is 3.06. The molecular formula is C22H29N3O5. The first-order chi connectivity index (χ1) is 14.5. The van der Waals surface area contributed by atoms with Crippen LogP contribution in [0.4, 0.5) is 0 Å². The molecule has 1 aliphatic rings. The van der Waals surface area contributed by atoms with Crippen molar-refractivity contribution in [2.24, 2.45) is 0 Å². The lowest BCUT2D eigenvalue weighted by Gasteiger charge is -2.19. The van der Waals surface area contributed by atoms with Crippen molar-refractivity contribution in [3.05, 3.63) is 47.5 Å². The van der Waals surface area contributed by atoms with E-state index < -0.39 is 0 Å². The molecule has 1 fully saturated rings. The molecule has 3 N–H and O–H groups in total. The Morgan fingerprint density at radius 3 is 2.33 bits per heavy atom. The zero-order valence-electron chi connectivity index (χ0n) is 17.9. The lowest BCUT2D eigenvalue weighted by Crippen LogP contribution is -2.43. The molecule has 8 nitrogen and oxygen atoms in total. The van der Waals surface area contributed by atoms with Crippen LogP contribution in [0.5, 0.6) is 23.0 Å². The molecule has 3 unspecified atom stereocenters. The van der Waals surface area contributed by atoms with Crippen molar-refractivity contribution in [2.45, 2.75) is 31.5 Å². The Morgan fingerprint density at radius 1 is 0.933 bits per heavy atom. The number of nitrogens with one attached hydrogen (secondary N) is 3. The van der Waals surface area contributed by atoms with Crippen molar-refractivity contribution in [2.75, 3.05) is 28.4 Å². The van der Waals surface area contributed by atoms with Crippen molar-refractivity contribution < 1.29 is 23.7 Å². The Bertz CT molecular complexity index is 889. The van der Waals surface area contributed by atoms with Crippen LogP contribution in [-0.2, 0) is 4.79 Å². The minimum atomic E-state index is -0.371. The maximum Gasteiger partial charge on any atom is 0.239 e. The average Bonchev–Trinajstić information content (AvgIpc) is 3.28. The maximum atomic E-state index is 12.8. The molecule has 0 spiro atoms. The van der Waals surface area contributed by atoms with E-state index in [0.717, 1.165) is 16.9 Å². The number of rotatable bonds is 8. The fourth-order valence-electron chi connectivity index (χ4n) is 3.56. The van der Waals surface area contributed by atoms with Crippen LogP contribution in [0, 0.1) is 0 Å². The quantitative estimate of drug-likeness (QED) is 0.610. The average molecular weight is 415 g/mol. The predicted octanol–water partition coefficient (Wildman–Crippen LogP) is 2.51. The van der Waals surface area contributed by atoms with Gasteiger partial charge in [-0.15, -0.1) is 0 Å². The summed E-state index contributed by atoms with van der Waals surface area (Å²) >= 11 is 0. The van der Waals surface area contributed by atoms with Gasteiger partial charge in [-0.2, -0.15) is 0 Å². The van der Waals surface area contributed by atoms with E-state index in [1.165, 1.54) is 0 Å². The van der Waals surface area contributed by atoms with Gasteiger partial charge in [0.2, 0.25) is 5.91 Å². The Morgan fingerprint density at radius 2 is 1.67 bits per heavy atom. The van der Waals surface area contributed by atoms with E-state index in [2.05, 4.69) is 16.2 Å². The molecule has 3 rings (SSSR count). The number of methoxy groups -OCH3 is 4. The third-order valence-electron chi connectivity index (χ3n) is 5.30. The van der Waals surface area contributed by atoms with Crippen LogP contribution < -0.4 is 35.1 Å². The SMILES string of the molecule is COc1ccc(C2CC(C(=O)NC(C)c3ccc(OC)c(OC)c3)NN2)c(OC)c1. The van der Waals surface area contributed by atoms with Crippen LogP contribution in [-0.4, -0.2) is 40.4 Å². The molecule has 0 saturated carbocycles. The maximum absolute atomic E-state index is 12.8. The van der Waals surface area contributed by atoms with Crippen molar-refractivity contribution in [1.29, 1.82) is 0 Å². The second kappa shape index (κ2) is 9.69. The number of hydrogen-bond donors (Lipinski definition) is 3. The molecule has 162 valence electrons. The molecule has 0 aliphatic carbocycles. The highest BCUT2D eigenvalue weighted by atomic mass is 16.5. The predicted molar refractivity (Wildman–Crippen MR) is 113 cm³/mol. The number of hydrogen-bond acceptors (Lipinski definition) is 7. The van der Waals surface area contributed by atoms with E-state index in [1.54, 1.807) is 28.4 Å². The number of carbonyl (C=O) groups excluding carboxylic acids is 1. The van der Waals surface area contributed by atoms with E-state index in [0.29, 0.717) is 23.7 Å². The Hall–Kier alpha value is -2.97. The Labute approximate surface area is 176 Å². The summed E-state index contributed by atoms with van der Waals surface area (Å²) in [6.07, 6.45) is 0.590. The summed E-state index contributed by atoms with van der Waals surface area (Å²) in [5.74, 6) is 2.63. The van der Waals surface area contributed by atoms with Gasteiger partial charge in [-0.1, -0.05) is 12.1 Å². The number of carbonyl (C=O) groups is 1. The van der Waals surface area contributed by atoms with E-state index >= 15 is 0 Å². The van der Waals surface area contributed by atoms with Crippen LogP contribution in [0.25, 0.3) is 0 Å². The zero-order chi connectivity index (χ0) is 21.7. The molecule has 0 radical (unpaired) electrons. The number of ether oxygens (including phenoxy) is 4. The van der Waals surface area contributed by atoms with Crippen molar-refractivity contribution >= 4 is 5.91 Å². The van der Waals surface area contributed by atoms with Crippen molar-refractivity contribution in [1.82, 2.24) is 16.2 Å². The van der Waals surface area contributed by atoms with E-state index in [4.69, 9.17) is 18.9 Å². The number of benzene rings is 2. The van der Waals surface area contributed by atoms with Gasteiger partial charge in [0.15, 0.2) is 11.5 Å². The highest BCUT2D eigenvalue weighted by Crippen LogP contribution is 2.33. The molecule has 1 aliphatic heterocycles. The van der Waals surface area contributed by atoms with Crippen molar-refractivity contribution in [3.63, 3.8) is 0 Å². The lowest BCUT2D eigenvalue weighted by atomic mass is 10.00. The van der Waals surface area contributed by atoms with Gasteiger partial charge >= 0.3 is 0 Å².